The number of carboxylic acid groups (broad SMARTS) is 1. The van der Waals surface area contributed by atoms with Crippen LogP contribution in [-0.2, 0) is 20.8 Å². The van der Waals surface area contributed by atoms with Crippen LogP contribution in [0.15, 0.2) is 81.1 Å². The van der Waals surface area contributed by atoms with E-state index in [-0.39, 0.29) is 29.9 Å². The fourth-order valence-electron chi connectivity index (χ4n) is 4.60. The number of β-lactam (4-membered cyclic amide) rings is 1. The van der Waals surface area contributed by atoms with E-state index in [1.807, 2.05) is 37.3 Å². The monoisotopic (exact) mass is 566 g/mol. The summed E-state index contributed by atoms with van der Waals surface area (Å²) in [6.45, 7) is 1.96. The maximum Gasteiger partial charge on any atom is 0.352 e. The van der Waals surface area contributed by atoms with Crippen LogP contribution in [0.1, 0.15) is 12.5 Å². The number of carbonyl (C=O) groups is 3. The van der Waals surface area contributed by atoms with Gasteiger partial charge < -0.3 is 19.6 Å². The van der Waals surface area contributed by atoms with Crippen LogP contribution in [0.3, 0.4) is 0 Å². The van der Waals surface area contributed by atoms with E-state index < -0.39 is 28.9 Å². The molecule has 1 saturated heterocycles. The van der Waals surface area contributed by atoms with Crippen LogP contribution < -0.4 is 15.7 Å². The van der Waals surface area contributed by atoms with E-state index in [4.69, 9.17) is 9.15 Å². The van der Waals surface area contributed by atoms with Crippen LogP contribution in [0.2, 0.25) is 0 Å². The van der Waals surface area contributed by atoms with Crippen LogP contribution in [-0.4, -0.2) is 62.6 Å². The number of fused-ring (bicyclic) bond motifs is 2. The van der Waals surface area contributed by atoms with Crippen molar-refractivity contribution in [1.82, 2.24) is 10.2 Å². The van der Waals surface area contributed by atoms with Gasteiger partial charge >= 0.3 is 11.6 Å². The zero-order valence-electron chi connectivity index (χ0n) is 21.0. The summed E-state index contributed by atoms with van der Waals surface area (Å²) in [5.74, 6) is -0.120. The number of carboxylic acids is 1. The van der Waals surface area contributed by atoms with E-state index >= 15 is 0 Å². The molecule has 202 valence electrons. The summed E-state index contributed by atoms with van der Waals surface area (Å²) in [5, 5.41) is 12.9. The molecule has 1 aromatic heterocycles. The summed E-state index contributed by atoms with van der Waals surface area (Å²) in [5.41, 5.74) is 1.08. The van der Waals surface area contributed by atoms with Crippen LogP contribution >= 0.6 is 23.5 Å². The molecular formula is C28H26N2O7S2. The first-order valence-corrected chi connectivity index (χ1v) is 14.5. The number of ether oxygens (including phenoxy) is 1. The van der Waals surface area contributed by atoms with Crippen molar-refractivity contribution in [2.24, 2.45) is 0 Å². The van der Waals surface area contributed by atoms with Crippen molar-refractivity contribution in [3.63, 3.8) is 0 Å². The second-order valence-electron chi connectivity index (χ2n) is 9.01. The normalized spacial score (nSPS) is 20.4. The molecule has 3 unspecified atom stereocenters. The Morgan fingerprint density at radius 3 is 2.64 bits per heavy atom. The SMILES string of the molecule is CCSCC1SC2C(NC(=O)Cc3ccccc3)C(=O)N2C(C(=O)O)=C1COc1ccc2ccc(=O)oc2c1. The molecule has 0 radical (unpaired) electrons. The number of thioether (sulfide) groups is 2. The molecule has 2 aliphatic rings. The van der Waals surface area contributed by atoms with Crippen molar-refractivity contribution in [3.8, 4) is 5.75 Å². The van der Waals surface area contributed by atoms with Crippen molar-refractivity contribution in [3.05, 3.63) is 87.9 Å². The molecule has 0 bridgehead atoms. The van der Waals surface area contributed by atoms with E-state index in [0.29, 0.717) is 22.7 Å². The fourth-order valence-corrected chi connectivity index (χ4v) is 7.20. The second kappa shape index (κ2) is 11.6. The molecule has 0 saturated carbocycles. The Labute approximate surface area is 232 Å². The second-order valence-corrected chi connectivity index (χ2v) is 11.7. The molecule has 3 aromatic rings. The lowest BCUT2D eigenvalue weighted by atomic mass is 10.0. The largest absolute Gasteiger partial charge is 0.489 e. The highest BCUT2D eigenvalue weighted by Gasteiger charge is 2.56. The summed E-state index contributed by atoms with van der Waals surface area (Å²) < 4.78 is 11.2. The number of hydrogen-bond acceptors (Lipinski definition) is 8. The molecule has 5 rings (SSSR count). The molecule has 0 aliphatic carbocycles. The van der Waals surface area contributed by atoms with Gasteiger partial charge in [-0.1, -0.05) is 37.3 Å². The lowest BCUT2D eigenvalue weighted by Crippen LogP contribution is -2.71. The predicted molar refractivity (Wildman–Crippen MR) is 150 cm³/mol. The Balaban J connectivity index is 1.37. The minimum atomic E-state index is -1.22. The van der Waals surface area contributed by atoms with Gasteiger partial charge in [0, 0.05) is 34.1 Å². The van der Waals surface area contributed by atoms with Gasteiger partial charge in [-0.2, -0.15) is 11.8 Å². The molecule has 3 atom stereocenters. The van der Waals surface area contributed by atoms with Crippen LogP contribution in [0, 0.1) is 0 Å². The molecule has 9 nitrogen and oxygen atoms in total. The molecule has 2 aliphatic heterocycles. The zero-order valence-corrected chi connectivity index (χ0v) is 22.6. The molecular weight excluding hydrogens is 540 g/mol. The summed E-state index contributed by atoms with van der Waals surface area (Å²) in [4.78, 5) is 51.1. The van der Waals surface area contributed by atoms with Gasteiger partial charge in [0.05, 0.1) is 6.42 Å². The summed E-state index contributed by atoms with van der Waals surface area (Å²) in [6, 6.07) is 16.4. The van der Waals surface area contributed by atoms with Gasteiger partial charge in [-0.15, -0.1) is 11.8 Å². The molecule has 11 heteroatoms. The van der Waals surface area contributed by atoms with Gasteiger partial charge in [0.2, 0.25) is 5.91 Å². The van der Waals surface area contributed by atoms with Gasteiger partial charge in [0.25, 0.3) is 5.91 Å². The van der Waals surface area contributed by atoms with Crippen molar-refractivity contribution < 1.29 is 28.6 Å². The molecule has 2 amide bonds. The number of nitrogens with zero attached hydrogens (tertiary/aromatic N) is 1. The lowest BCUT2D eigenvalue weighted by Gasteiger charge is -2.51. The van der Waals surface area contributed by atoms with Crippen molar-refractivity contribution >= 4 is 52.3 Å². The van der Waals surface area contributed by atoms with Crippen LogP contribution in [0.5, 0.6) is 5.75 Å². The number of carbonyl (C=O) groups excluding carboxylic acids is 2. The Hall–Kier alpha value is -3.70. The van der Waals surface area contributed by atoms with E-state index in [0.717, 1.165) is 16.7 Å². The van der Waals surface area contributed by atoms with E-state index in [1.165, 1.54) is 22.7 Å². The molecule has 2 N–H and O–H groups in total. The maximum atomic E-state index is 13.1. The van der Waals surface area contributed by atoms with E-state index in [1.54, 1.807) is 36.0 Å². The first-order valence-electron chi connectivity index (χ1n) is 12.4. The van der Waals surface area contributed by atoms with Crippen molar-refractivity contribution in [2.75, 3.05) is 18.1 Å². The third-order valence-electron chi connectivity index (χ3n) is 6.47. The number of benzene rings is 2. The minimum Gasteiger partial charge on any atom is -0.489 e. The van der Waals surface area contributed by atoms with Crippen LogP contribution in [0.25, 0.3) is 11.0 Å². The van der Waals surface area contributed by atoms with Gasteiger partial charge in [0.1, 0.15) is 35.1 Å². The number of hydrogen-bond donors (Lipinski definition) is 2. The average molecular weight is 567 g/mol. The number of aliphatic carboxylic acids is 1. The number of nitrogens with one attached hydrogen (secondary N) is 1. The Morgan fingerprint density at radius 2 is 1.90 bits per heavy atom. The maximum absolute atomic E-state index is 13.1. The van der Waals surface area contributed by atoms with E-state index in [2.05, 4.69) is 5.32 Å². The minimum absolute atomic E-state index is 0.0618. The lowest BCUT2D eigenvalue weighted by molar-refractivity contribution is -0.150. The molecule has 1 fully saturated rings. The molecule has 2 aromatic carbocycles. The first kappa shape index (κ1) is 26.9. The van der Waals surface area contributed by atoms with Gasteiger partial charge in [-0.05, 0) is 29.5 Å². The first-order chi connectivity index (χ1) is 18.9. The molecule has 0 spiro atoms. The standard InChI is InChI=1S/C28H26N2O7S2/c1-2-38-15-21-19(14-36-18-10-8-17-9-11-23(32)37-20(17)13-18)25(28(34)35)30-26(33)24(27(30)39-21)29-22(31)12-16-6-4-3-5-7-16/h3-11,13,21,24,27H,2,12,14-15H2,1H3,(H,29,31)(H,34,35). The predicted octanol–water partition coefficient (Wildman–Crippen LogP) is 3.27. The Kier molecular flexibility index (Phi) is 7.99. The zero-order chi connectivity index (χ0) is 27.5. The topological polar surface area (TPSA) is 126 Å². The van der Waals surface area contributed by atoms with Crippen molar-refractivity contribution in [1.29, 1.82) is 0 Å². The third kappa shape index (κ3) is 5.69. The number of amides is 2. The smallest absolute Gasteiger partial charge is 0.352 e. The Morgan fingerprint density at radius 1 is 1.13 bits per heavy atom. The molecule has 39 heavy (non-hydrogen) atoms. The summed E-state index contributed by atoms with van der Waals surface area (Å²) in [6.07, 6.45) is 0.129. The third-order valence-corrected chi connectivity index (χ3v) is 9.20. The van der Waals surface area contributed by atoms with Gasteiger partial charge in [0.15, 0.2) is 0 Å². The average Bonchev–Trinajstić information content (AvgIpc) is 2.93. The highest BCUT2D eigenvalue weighted by Crippen LogP contribution is 2.45. The summed E-state index contributed by atoms with van der Waals surface area (Å²) >= 11 is 3.12. The van der Waals surface area contributed by atoms with Gasteiger partial charge in [-0.25, -0.2) is 9.59 Å². The fraction of sp³-hybridized carbons (Fsp3) is 0.286. The summed E-state index contributed by atoms with van der Waals surface area (Å²) in [7, 11) is 0. The van der Waals surface area contributed by atoms with E-state index in [9.17, 15) is 24.3 Å². The molecule has 3 heterocycles. The Bertz CT molecular complexity index is 1500. The highest BCUT2D eigenvalue weighted by atomic mass is 32.2. The van der Waals surface area contributed by atoms with Gasteiger partial charge in [-0.3, -0.25) is 14.5 Å². The van der Waals surface area contributed by atoms with Crippen molar-refractivity contribution in [2.45, 2.75) is 30.0 Å². The van der Waals surface area contributed by atoms with Crippen LogP contribution in [0.4, 0.5) is 0 Å². The quantitative estimate of drug-likeness (QED) is 0.281. The highest BCUT2D eigenvalue weighted by molar-refractivity contribution is 8.04. The number of rotatable bonds is 10.